The first-order valence-corrected chi connectivity index (χ1v) is 8.90. The Morgan fingerprint density at radius 3 is 2.50 bits per heavy atom. The van der Waals surface area contributed by atoms with Crippen molar-refractivity contribution in [2.45, 2.75) is 44.6 Å². The van der Waals surface area contributed by atoms with E-state index in [2.05, 4.69) is 22.3 Å². The lowest BCUT2D eigenvalue weighted by atomic mass is 9.94. The Hall–Kier alpha value is -1.06. The van der Waals surface area contributed by atoms with Crippen LogP contribution in [-0.4, -0.2) is 30.4 Å². The van der Waals surface area contributed by atoms with Crippen molar-refractivity contribution in [2.75, 3.05) is 19.6 Å². The second-order valence-electron chi connectivity index (χ2n) is 6.47. The first-order valence-electron chi connectivity index (χ1n) is 8.52. The highest BCUT2D eigenvalue weighted by molar-refractivity contribution is 6.30. The lowest BCUT2D eigenvalue weighted by molar-refractivity contribution is -0.138. The Morgan fingerprint density at radius 1 is 1.05 bits per heavy atom. The molecule has 1 atom stereocenters. The van der Waals surface area contributed by atoms with Gasteiger partial charge in [-0.15, -0.1) is 0 Å². The number of hydrogen-bond donors (Lipinski definition) is 1. The summed E-state index contributed by atoms with van der Waals surface area (Å²) in [6, 6.07) is 8.27. The highest BCUT2D eigenvalue weighted by Gasteiger charge is 2.31. The van der Waals surface area contributed by atoms with Crippen molar-refractivity contribution in [1.82, 2.24) is 10.2 Å². The van der Waals surface area contributed by atoms with Gasteiger partial charge in [-0.05, 0) is 56.5 Å². The van der Waals surface area contributed by atoms with Crippen molar-refractivity contribution < 1.29 is 4.79 Å². The molecule has 2 aliphatic heterocycles. The van der Waals surface area contributed by atoms with Crippen LogP contribution < -0.4 is 5.32 Å². The van der Waals surface area contributed by atoms with E-state index in [0.717, 1.165) is 50.3 Å². The lowest BCUT2D eigenvalue weighted by Gasteiger charge is -2.35. The zero-order valence-electron chi connectivity index (χ0n) is 13.1. The van der Waals surface area contributed by atoms with Gasteiger partial charge in [-0.25, -0.2) is 0 Å². The largest absolute Gasteiger partial charge is 0.335 e. The Kier molecular flexibility index (Phi) is 5.37. The summed E-state index contributed by atoms with van der Waals surface area (Å²) in [5, 5.41) is 4.11. The summed E-state index contributed by atoms with van der Waals surface area (Å²) in [7, 11) is 0. The number of carbonyl (C=O) groups excluding carboxylic acids is 1. The summed E-state index contributed by atoms with van der Waals surface area (Å²) >= 11 is 6.02. The molecular formula is C18H25ClN2O. The van der Waals surface area contributed by atoms with E-state index in [9.17, 15) is 4.79 Å². The molecule has 2 fully saturated rings. The zero-order valence-corrected chi connectivity index (χ0v) is 13.8. The van der Waals surface area contributed by atoms with Gasteiger partial charge in [-0.2, -0.15) is 0 Å². The maximum absolute atomic E-state index is 13.0. The van der Waals surface area contributed by atoms with Gasteiger partial charge in [0.05, 0.1) is 6.04 Å². The molecule has 2 aliphatic rings. The number of nitrogens with one attached hydrogen (secondary N) is 1. The first kappa shape index (κ1) is 15.8. The molecule has 1 amide bonds. The topological polar surface area (TPSA) is 32.3 Å². The predicted molar refractivity (Wildman–Crippen MR) is 90.0 cm³/mol. The monoisotopic (exact) mass is 320 g/mol. The number of amides is 1. The molecule has 0 spiro atoms. The maximum atomic E-state index is 13.0. The predicted octanol–water partition coefficient (Wildman–Crippen LogP) is 3.78. The Labute approximate surface area is 138 Å². The molecule has 4 heteroatoms. The van der Waals surface area contributed by atoms with Crippen LogP contribution in [0.1, 0.15) is 50.1 Å². The highest BCUT2D eigenvalue weighted by atomic mass is 35.5. The van der Waals surface area contributed by atoms with Crippen molar-refractivity contribution in [2.24, 2.45) is 5.92 Å². The van der Waals surface area contributed by atoms with Gasteiger partial charge < -0.3 is 10.2 Å². The van der Waals surface area contributed by atoms with E-state index in [1.54, 1.807) is 0 Å². The van der Waals surface area contributed by atoms with E-state index in [1.165, 1.54) is 18.4 Å². The molecule has 0 radical (unpaired) electrons. The van der Waals surface area contributed by atoms with Gasteiger partial charge in [0.1, 0.15) is 0 Å². The molecule has 1 aromatic rings. The van der Waals surface area contributed by atoms with Crippen LogP contribution in [0.25, 0.3) is 0 Å². The number of likely N-dealkylation sites (tertiary alicyclic amines) is 1. The molecule has 1 N–H and O–H groups in total. The van der Waals surface area contributed by atoms with E-state index in [0.29, 0.717) is 5.91 Å². The fraction of sp³-hybridized carbons (Fsp3) is 0.611. The van der Waals surface area contributed by atoms with Gasteiger partial charge in [-0.3, -0.25) is 4.79 Å². The van der Waals surface area contributed by atoms with Crippen LogP contribution in [0.15, 0.2) is 24.3 Å². The van der Waals surface area contributed by atoms with Gasteiger partial charge in [0, 0.05) is 17.5 Å². The van der Waals surface area contributed by atoms with Gasteiger partial charge >= 0.3 is 0 Å². The number of nitrogens with zero attached hydrogens (tertiary/aromatic N) is 1. The summed E-state index contributed by atoms with van der Waals surface area (Å²) in [5.41, 5.74) is 1.23. The number of halogens is 1. The Balaban J connectivity index is 1.80. The third-order valence-corrected chi connectivity index (χ3v) is 5.23. The van der Waals surface area contributed by atoms with Crippen LogP contribution >= 0.6 is 11.6 Å². The molecule has 0 bridgehead atoms. The van der Waals surface area contributed by atoms with Crippen LogP contribution in [0.2, 0.25) is 5.02 Å². The number of rotatable bonds is 2. The van der Waals surface area contributed by atoms with Crippen molar-refractivity contribution >= 4 is 17.5 Å². The maximum Gasteiger partial charge on any atom is 0.226 e. The fourth-order valence-corrected chi connectivity index (χ4v) is 3.83. The van der Waals surface area contributed by atoms with Crippen LogP contribution in [0.3, 0.4) is 0 Å². The third kappa shape index (κ3) is 3.64. The number of benzene rings is 1. The molecule has 0 saturated carbocycles. The molecular weight excluding hydrogens is 296 g/mol. The number of piperidine rings is 1. The van der Waals surface area contributed by atoms with E-state index >= 15 is 0 Å². The normalized spacial score (nSPS) is 24.0. The second kappa shape index (κ2) is 7.47. The van der Waals surface area contributed by atoms with Crippen LogP contribution in [-0.2, 0) is 4.79 Å². The van der Waals surface area contributed by atoms with Crippen LogP contribution in [0.4, 0.5) is 0 Å². The smallest absolute Gasteiger partial charge is 0.226 e. The molecule has 0 aliphatic carbocycles. The fourth-order valence-electron chi connectivity index (χ4n) is 3.71. The van der Waals surface area contributed by atoms with Crippen LogP contribution in [0.5, 0.6) is 0 Å². The number of hydrogen-bond acceptors (Lipinski definition) is 2. The minimum absolute atomic E-state index is 0.203. The molecule has 120 valence electrons. The molecule has 3 rings (SSSR count). The molecule has 1 unspecified atom stereocenters. The molecule has 22 heavy (non-hydrogen) atoms. The quantitative estimate of drug-likeness (QED) is 0.899. The number of carbonyl (C=O) groups is 1. The zero-order chi connectivity index (χ0) is 15.4. The van der Waals surface area contributed by atoms with Crippen LogP contribution in [0, 0.1) is 5.92 Å². The van der Waals surface area contributed by atoms with Crippen molar-refractivity contribution in [3.8, 4) is 0 Å². The second-order valence-corrected chi connectivity index (χ2v) is 6.91. The van der Waals surface area contributed by atoms with Crippen molar-refractivity contribution in [1.29, 1.82) is 0 Å². The van der Waals surface area contributed by atoms with Gasteiger partial charge in [0.25, 0.3) is 0 Å². The third-order valence-electron chi connectivity index (χ3n) is 4.98. The summed E-state index contributed by atoms with van der Waals surface area (Å²) in [6.07, 6.45) is 6.56. The first-order chi connectivity index (χ1) is 10.8. The summed E-state index contributed by atoms with van der Waals surface area (Å²) in [6.45, 7) is 2.84. The van der Waals surface area contributed by atoms with Crippen molar-refractivity contribution in [3.63, 3.8) is 0 Å². The van der Waals surface area contributed by atoms with E-state index in [1.807, 2.05) is 12.1 Å². The molecule has 3 nitrogen and oxygen atoms in total. The highest BCUT2D eigenvalue weighted by Crippen LogP contribution is 2.33. The molecule has 1 aromatic carbocycles. The average molecular weight is 321 g/mol. The van der Waals surface area contributed by atoms with Gasteiger partial charge in [-0.1, -0.05) is 36.6 Å². The summed E-state index contributed by atoms with van der Waals surface area (Å²) < 4.78 is 0. The van der Waals surface area contributed by atoms with E-state index in [-0.39, 0.29) is 12.0 Å². The molecule has 2 heterocycles. The molecule has 2 saturated heterocycles. The summed E-state index contributed by atoms with van der Waals surface area (Å²) in [4.78, 5) is 15.2. The van der Waals surface area contributed by atoms with Crippen molar-refractivity contribution in [3.05, 3.63) is 34.9 Å². The average Bonchev–Trinajstić information content (AvgIpc) is 2.81. The van der Waals surface area contributed by atoms with E-state index < -0.39 is 0 Å². The Bertz CT molecular complexity index is 496. The minimum Gasteiger partial charge on any atom is -0.335 e. The SMILES string of the molecule is O=C(C1CCNCC1)N1CCCCCC1c1ccc(Cl)cc1. The minimum atomic E-state index is 0.203. The summed E-state index contributed by atoms with van der Waals surface area (Å²) in [5.74, 6) is 0.567. The van der Waals surface area contributed by atoms with Gasteiger partial charge in [0.15, 0.2) is 0 Å². The standard InChI is InChI=1S/C18H25ClN2O/c19-16-7-5-14(6-8-16)17-4-2-1-3-13-21(17)18(22)15-9-11-20-12-10-15/h5-8,15,17,20H,1-4,9-13H2. The lowest BCUT2D eigenvalue weighted by Crippen LogP contribution is -2.42. The van der Waals surface area contributed by atoms with Gasteiger partial charge in [0.2, 0.25) is 5.91 Å². The Morgan fingerprint density at radius 2 is 1.77 bits per heavy atom. The molecule has 0 aromatic heterocycles. The van der Waals surface area contributed by atoms with E-state index in [4.69, 9.17) is 11.6 Å².